The summed E-state index contributed by atoms with van der Waals surface area (Å²) >= 11 is 0. The van der Waals surface area contributed by atoms with Gasteiger partial charge in [0.15, 0.2) is 0 Å². The fourth-order valence-electron chi connectivity index (χ4n) is 1.53. The summed E-state index contributed by atoms with van der Waals surface area (Å²) in [4.78, 5) is 22.3. The highest BCUT2D eigenvalue weighted by atomic mass is 19.1. The van der Waals surface area contributed by atoms with Crippen molar-refractivity contribution in [2.24, 2.45) is 5.73 Å². The molecule has 0 saturated heterocycles. The number of nitrogens with one attached hydrogen (secondary N) is 1. The fourth-order valence-corrected chi connectivity index (χ4v) is 1.53. The second kappa shape index (κ2) is 6.84. The Morgan fingerprint density at radius 2 is 2.16 bits per heavy atom. The van der Waals surface area contributed by atoms with Crippen LogP contribution in [0.2, 0.25) is 0 Å². The highest BCUT2D eigenvalue weighted by Crippen LogP contribution is 2.16. The quantitative estimate of drug-likeness (QED) is 0.735. The SMILES string of the molecule is CCCCC(N)C(=O)Nc1ccc(C(=O)O)cc1F. The summed E-state index contributed by atoms with van der Waals surface area (Å²) in [6, 6.07) is 2.59. The number of carbonyl (C=O) groups excluding carboxylic acids is 1. The maximum absolute atomic E-state index is 13.6. The van der Waals surface area contributed by atoms with E-state index in [1.54, 1.807) is 0 Å². The maximum atomic E-state index is 13.6. The average Bonchev–Trinajstić information content (AvgIpc) is 2.37. The number of carboxylic acids is 1. The monoisotopic (exact) mass is 268 g/mol. The summed E-state index contributed by atoms with van der Waals surface area (Å²) in [5, 5.41) is 11.0. The van der Waals surface area contributed by atoms with E-state index in [2.05, 4.69) is 5.32 Å². The molecule has 1 amide bonds. The zero-order chi connectivity index (χ0) is 14.4. The number of carboxylic acid groups (broad SMARTS) is 1. The Hall–Kier alpha value is -1.95. The molecule has 4 N–H and O–H groups in total. The molecule has 0 heterocycles. The van der Waals surface area contributed by atoms with E-state index >= 15 is 0 Å². The molecule has 19 heavy (non-hydrogen) atoms. The smallest absolute Gasteiger partial charge is 0.335 e. The number of halogens is 1. The topological polar surface area (TPSA) is 92.4 Å². The molecule has 0 fully saturated rings. The van der Waals surface area contributed by atoms with E-state index in [9.17, 15) is 14.0 Å². The predicted molar refractivity (Wildman–Crippen MR) is 69.5 cm³/mol. The van der Waals surface area contributed by atoms with Crippen molar-refractivity contribution in [3.05, 3.63) is 29.6 Å². The Morgan fingerprint density at radius 1 is 1.47 bits per heavy atom. The Bertz CT molecular complexity index is 477. The first kappa shape index (κ1) is 15.1. The molecule has 0 aromatic heterocycles. The number of anilines is 1. The normalized spacial score (nSPS) is 11.9. The number of hydrogen-bond donors (Lipinski definition) is 3. The standard InChI is InChI=1S/C13H17FN2O3/c1-2-3-4-10(15)12(17)16-11-6-5-8(13(18)19)7-9(11)14/h5-7,10H,2-4,15H2,1H3,(H,16,17)(H,18,19). The molecule has 1 unspecified atom stereocenters. The molecule has 0 aliphatic rings. The van der Waals surface area contributed by atoms with Gasteiger partial charge in [-0.1, -0.05) is 19.8 Å². The Morgan fingerprint density at radius 3 is 2.68 bits per heavy atom. The van der Waals surface area contributed by atoms with Gasteiger partial charge < -0.3 is 16.2 Å². The lowest BCUT2D eigenvalue weighted by atomic mass is 10.1. The van der Waals surface area contributed by atoms with E-state index in [1.807, 2.05) is 6.92 Å². The molecule has 0 spiro atoms. The lowest BCUT2D eigenvalue weighted by Crippen LogP contribution is -2.35. The van der Waals surface area contributed by atoms with Gasteiger partial charge in [0.25, 0.3) is 0 Å². The van der Waals surface area contributed by atoms with Crippen LogP contribution >= 0.6 is 0 Å². The van der Waals surface area contributed by atoms with E-state index in [0.29, 0.717) is 6.42 Å². The molecule has 104 valence electrons. The minimum absolute atomic E-state index is 0.0676. The zero-order valence-corrected chi connectivity index (χ0v) is 10.6. The van der Waals surface area contributed by atoms with Crippen molar-refractivity contribution >= 4 is 17.6 Å². The van der Waals surface area contributed by atoms with E-state index < -0.39 is 23.7 Å². The third-order valence-corrected chi connectivity index (χ3v) is 2.68. The highest BCUT2D eigenvalue weighted by molar-refractivity contribution is 5.95. The van der Waals surface area contributed by atoms with Gasteiger partial charge in [-0.2, -0.15) is 0 Å². The zero-order valence-electron chi connectivity index (χ0n) is 10.6. The molecule has 6 heteroatoms. The van der Waals surface area contributed by atoms with Crippen LogP contribution in [0.1, 0.15) is 36.5 Å². The third kappa shape index (κ3) is 4.33. The van der Waals surface area contributed by atoms with E-state index in [1.165, 1.54) is 12.1 Å². The van der Waals surface area contributed by atoms with E-state index in [0.717, 1.165) is 18.9 Å². The van der Waals surface area contributed by atoms with Crippen LogP contribution in [0.3, 0.4) is 0 Å². The molecule has 1 atom stereocenters. The molecule has 5 nitrogen and oxygen atoms in total. The number of aromatic carboxylic acids is 1. The minimum atomic E-state index is -1.23. The van der Waals surface area contributed by atoms with Crippen molar-refractivity contribution in [2.75, 3.05) is 5.32 Å². The van der Waals surface area contributed by atoms with Gasteiger partial charge in [-0.25, -0.2) is 9.18 Å². The number of hydrogen-bond acceptors (Lipinski definition) is 3. The number of benzene rings is 1. The largest absolute Gasteiger partial charge is 0.478 e. The Kier molecular flexibility index (Phi) is 5.44. The molecule has 0 aliphatic carbocycles. The lowest BCUT2D eigenvalue weighted by molar-refractivity contribution is -0.117. The van der Waals surface area contributed by atoms with Crippen LogP contribution in [0.5, 0.6) is 0 Å². The predicted octanol–water partition coefficient (Wildman–Crippen LogP) is 1.98. The lowest BCUT2D eigenvalue weighted by Gasteiger charge is -2.12. The van der Waals surface area contributed by atoms with Crippen molar-refractivity contribution in [1.29, 1.82) is 0 Å². The van der Waals surface area contributed by atoms with Crippen LogP contribution in [-0.2, 0) is 4.79 Å². The van der Waals surface area contributed by atoms with Gasteiger partial charge in [-0.15, -0.1) is 0 Å². The van der Waals surface area contributed by atoms with Crippen molar-refractivity contribution in [3.63, 3.8) is 0 Å². The molecule has 0 radical (unpaired) electrons. The first-order valence-electron chi connectivity index (χ1n) is 6.05. The van der Waals surface area contributed by atoms with Crippen molar-refractivity contribution in [3.8, 4) is 0 Å². The number of unbranched alkanes of at least 4 members (excludes halogenated alkanes) is 1. The van der Waals surface area contributed by atoms with Gasteiger partial charge in [0.05, 0.1) is 17.3 Å². The molecular formula is C13H17FN2O3. The molecule has 0 saturated carbocycles. The van der Waals surface area contributed by atoms with Gasteiger partial charge in [0, 0.05) is 0 Å². The van der Waals surface area contributed by atoms with Crippen LogP contribution in [0.15, 0.2) is 18.2 Å². The first-order valence-corrected chi connectivity index (χ1v) is 6.05. The number of carbonyl (C=O) groups is 2. The first-order chi connectivity index (χ1) is 8.95. The summed E-state index contributed by atoms with van der Waals surface area (Å²) in [6.07, 6.45) is 2.26. The molecule has 0 aliphatic heterocycles. The van der Waals surface area contributed by atoms with Crippen LogP contribution in [0.4, 0.5) is 10.1 Å². The summed E-state index contributed by atoms with van der Waals surface area (Å²) < 4.78 is 13.6. The highest BCUT2D eigenvalue weighted by Gasteiger charge is 2.15. The van der Waals surface area contributed by atoms with Crippen LogP contribution in [0.25, 0.3) is 0 Å². The second-order valence-corrected chi connectivity index (χ2v) is 4.24. The van der Waals surface area contributed by atoms with Crippen LogP contribution in [0, 0.1) is 5.82 Å². The second-order valence-electron chi connectivity index (χ2n) is 4.24. The Labute approximate surface area is 110 Å². The Balaban J connectivity index is 2.72. The molecule has 1 aromatic rings. The van der Waals surface area contributed by atoms with Gasteiger partial charge >= 0.3 is 5.97 Å². The van der Waals surface area contributed by atoms with E-state index in [-0.39, 0.29) is 11.3 Å². The third-order valence-electron chi connectivity index (χ3n) is 2.68. The summed E-state index contributed by atoms with van der Waals surface area (Å²) in [5.41, 5.74) is 5.41. The molecule has 1 rings (SSSR count). The van der Waals surface area contributed by atoms with Gasteiger partial charge in [0.1, 0.15) is 5.82 Å². The number of nitrogens with two attached hydrogens (primary N) is 1. The minimum Gasteiger partial charge on any atom is -0.478 e. The maximum Gasteiger partial charge on any atom is 0.335 e. The average molecular weight is 268 g/mol. The summed E-state index contributed by atoms with van der Waals surface area (Å²) in [7, 11) is 0. The van der Waals surface area contributed by atoms with Crippen molar-refractivity contribution in [2.45, 2.75) is 32.2 Å². The summed E-state index contributed by atoms with van der Waals surface area (Å²) in [5.74, 6) is -2.50. The molecule has 0 bridgehead atoms. The van der Waals surface area contributed by atoms with Gasteiger partial charge in [0.2, 0.25) is 5.91 Å². The van der Waals surface area contributed by atoms with Gasteiger partial charge in [-0.3, -0.25) is 4.79 Å². The fraction of sp³-hybridized carbons (Fsp3) is 0.385. The van der Waals surface area contributed by atoms with E-state index in [4.69, 9.17) is 10.8 Å². The van der Waals surface area contributed by atoms with Crippen molar-refractivity contribution < 1.29 is 19.1 Å². The number of rotatable bonds is 6. The summed E-state index contributed by atoms with van der Waals surface area (Å²) in [6.45, 7) is 1.98. The van der Waals surface area contributed by atoms with Gasteiger partial charge in [-0.05, 0) is 24.6 Å². The van der Waals surface area contributed by atoms with Crippen LogP contribution < -0.4 is 11.1 Å². The van der Waals surface area contributed by atoms with Crippen molar-refractivity contribution in [1.82, 2.24) is 0 Å². The molecule has 1 aromatic carbocycles. The molecular weight excluding hydrogens is 251 g/mol. The van der Waals surface area contributed by atoms with Crippen LogP contribution in [-0.4, -0.2) is 23.0 Å². The number of amides is 1.